The van der Waals surface area contributed by atoms with Gasteiger partial charge in [-0.15, -0.1) is 11.3 Å². The zero-order chi connectivity index (χ0) is 42.1. The summed E-state index contributed by atoms with van der Waals surface area (Å²) >= 11 is 1.28. The first-order valence-electron chi connectivity index (χ1n) is 20.1. The summed E-state index contributed by atoms with van der Waals surface area (Å²) in [5.41, 5.74) is 2.19. The Bertz CT molecular complexity index is 2200. The first-order valence-corrected chi connectivity index (χ1v) is 22.8. The van der Waals surface area contributed by atoms with Gasteiger partial charge in [0, 0.05) is 61.9 Å². The third-order valence-electron chi connectivity index (χ3n) is 10.8. The van der Waals surface area contributed by atoms with Crippen LogP contribution < -0.4 is 21.3 Å². The van der Waals surface area contributed by atoms with Gasteiger partial charge in [-0.25, -0.2) is 13.4 Å². The number of aromatic nitrogens is 2. The van der Waals surface area contributed by atoms with Gasteiger partial charge in [0.15, 0.2) is 5.13 Å². The second-order valence-corrected chi connectivity index (χ2v) is 17.9. The number of nitrogens with zero attached hydrogens (tertiary/aromatic N) is 4. The van der Waals surface area contributed by atoms with Crippen LogP contribution in [0.1, 0.15) is 126 Å². The standard InChI is InChI=1S/C40H50N8O9S2/c1-59(56,57)47-20-17-27(24-47)36(52)42-22-34(50)45-40-43-31(25-58-40)26-11-10-19-46(23-26)35(51)12-8-6-4-2-3-5-7-9-18-41-28-13-14-29-30(21-28)39(55)48(38(29)54)32-15-16-33(49)44-37(32)53/h13-14,17,20-21,24-26,32,41H,2-12,15-16,18-19,22-23H2,1H3,(H,42,52)(H,43,45,50)(H,44,49,53). The molecule has 2 fully saturated rings. The predicted octanol–water partition coefficient (Wildman–Crippen LogP) is 3.85. The molecule has 0 radical (unpaired) electrons. The maximum Gasteiger partial charge on any atom is 0.262 e. The van der Waals surface area contributed by atoms with E-state index >= 15 is 0 Å². The summed E-state index contributed by atoms with van der Waals surface area (Å²) in [4.78, 5) is 95.1. The van der Waals surface area contributed by atoms with E-state index in [1.807, 2.05) is 10.3 Å². The molecule has 17 nitrogen and oxygen atoms in total. The molecule has 0 spiro atoms. The highest BCUT2D eigenvalue weighted by atomic mass is 32.2. The molecule has 59 heavy (non-hydrogen) atoms. The molecule has 0 bridgehead atoms. The molecule has 2 saturated heterocycles. The normalized spacial score (nSPS) is 18.1. The zero-order valence-electron chi connectivity index (χ0n) is 33.0. The summed E-state index contributed by atoms with van der Waals surface area (Å²) in [6.07, 6.45) is 14.2. The Hall–Kier alpha value is -5.43. The van der Waals surface area contributed by atoms with Crippen molar-refractivity contribution in [3.63, 3.8) is 0 Å². The number of thiazole rings is 1. The monoisotopic (exact) mass is 850 g/mol. The molecule has 5 heterocycles. The molecule has 0 aliphatic carbocycles. The Kier molecular flexibility index (Phi) is 14.3. The quantitative estimate of drug-likeness (QED) is 0.100. The Balaban J connectivity index is 0.803. The Morgan fingerprint density at radius 1 is 0.932 bits per heavy atom. The second kappa shape index (κ2) is 19.5. The molecule has 19 heteroatoms. The summed E-state index contributed by atoms with van der Waals surface area (Å²) in [6, 6.07) is 5.39. The topological polar surface area (TPSA) is 226 Å². The van der Waals surface area contributed by atoms with Crippen LogP contribution in [0.3, 0.4) is 0 Å². The smallest absolute Gasteiger partial charge is 0.262 e. The lowest BCUT2D eigenvalue weighted by molar-refractivity contribution is -0.136. The number of hydrogen-bond donors (Lipinski definition) is 4. The number of hydrogen-bond acceptors (Lipinski definition) is 12. The highest BCUT2D eigenvalue weighted by molar-refractivity contribution is 7.89. The van der Waals surface area contributed by atoms with Gasteiger partial charge in [0.1, 0.15) is 6.04 Å². The SMILES string of the molecule is CS(=O)(=O)n1ccc(C(=O)NCC(=O)Nc2nc(C3CCCN(C(=O)CCCCCCCCCCNc4ccc5c(c4)C(=O)N(C4CCC(=O)NC4=O)C5=O)C3)cs2)c1. The van der Waals surface area contributed by atoms with Gasteiger partial charge in [0.2, 0.25) is 33.7 Å². The fraction of sp³-hybridized carbons (Fsp3) is 0.500. The third kappa shape index (κ3) is 11.2. The van der Waals surface area contributed by atoms with Crippen LogP contribution in [0.25, 0.3) is 0 Å². The van der Waals surface area contributed by atoms with Crippen LogP contribution in [0.2, 0.25) is 0 Å². The van der Waals surface area contributed by atoms with Crippen LogP contribution in [0.4, 0.5) is 10.8 Å². The predicted molar refractivity (Wildman–Crippen MR) is 219 cm³/mol. The van der Waals surface area contributed by atoms with Crippen LogP contribution >= 0.6 is 11.3 Å². The summed E-state index contributed by atoms with van der Waals surface area (Å²) in [5, 5.41) is 13.0. The number of nitrogens with one attached hydrogen (secondary N) is 4. The summed E-state index contributed by atoms with van der Waals surface area (Å²) in [7, 11) is -3.52. The molecule has 3 aromatic rings. The van der Waals surface area contributed by atoms with Gasteiger partial charge in [-0.3, -0.25) is 47.8 Å². The van der Waals surface area contributed by atoms with E-state index in [4.69, 9.17) is 0 Å². The maximum atomic E-state index is 13.1. The lowest BCUT2D eigenvalue weighted by Crippen LogP contribution is -2.54. The van der Waals surface area contributed by atoms with Gasteiger partial charge in [-0.05, 0) is 56.4 Å². The van der Waals surface area contributed by atoms with E-state index in [0.717, 1.165) is 97.3 Å². The van der Waals surface area contributed by atoms with Gasteiger partial charge in [-0.1, -0.05) is 38.5 Å². The molecule has 3 aliphatic heterocycles. The largest absolute Gasteiger partial charge is 0.385 e. The molecule has 6 rings (SSSR count). The zero-order valence-corrected chi connectivity index (χ0v) is 34.6. The van der Waals surface area contributed by atoms with Crippen molar-refractivity contribution in [2.24, 2.45) is 0 Å². The summed E-state index contributed by atoms with van der Waals surface area (Å²) in [5.74, 6) is -2.89. The number of fused-ring (bicyclic) bond motifs is 1. The van der Waals surface area contributed by atoms with Crippen molar-refractivity contribution < 1.29 is 42.0 Å². The number of imide groups is 2. The average Bonchev–Trinajstić information content (AvgIpc) is 3.95. The Morgan fingerprint density at radius 2 is 1.66 bits per heavy atom. The van der Waals surface area contributed by atoms with E-state index in [-0.39, 0.29) is 47.9 Å². The van der Waals surface area contributed by atoms with Crippen molar-refractivity contribution in [2.45, 2.75) is 95.4 Å². The van der Waals surface area contributed by atoms with Crippen molar-refractivity contribution in [3.8, 4) is 0 Å². The molecule has 1 aromatic carbocycles. The van der Waals surface area contributed by atoms with Crippen LogP contribution in [-0.2, 0) is 29.2 Å². The van der Waals surface area contributed by atoms with Crippen LogP contribution in [0.15, 0.2) is 42.0 Å². The Morgan fingerprint density at radius 3 is 2.39 bits per heavy atom. The van der Waals surface area contributed by atoms with Crippen LogP contribution in [0, 0.1) is 0 Å². The number of unbranched alkanes of at least 4 members (excludes halogenated alkanes) is 7. The van der Waals surface area contributed by atoms with Crippen LogP contribution in [0.5, 0.6) is 0 Å². The number of likely N-dealkylation sites (tertiary alicyclic amines) is 1. The fourth-order valence-corrected chi connectivity index (χ4v) is 8.95. The van der Waals surface area contributed by atoms with E-state index in [1.165, 1.54) is 29.8 Å². The van der Waals surface area contributed by atoms with E-state index < -0.39 is 51.5 Å². The minimum Gasteiger partial charge on any atom is -0.385 e. The number of anilines is 2. The van der Waals surface area contributed by atoms with Crippen molar-refractivity contribution in [2.75, 3.05) is 43.1 Å². The number of amides is 7. The van der Waals surface area contributed by atoms with Crippen molar-refractivity contribution >= 4 is 73.5 Å². The molecule has 316 valence electrons. The van der Waals surface area contributed by atoms with Crippen molar-refractivity contribution in [1.82, 2.24) is 29.4 Å². The van der Waals surface area contributed by atoms with Crippen LogP contribution in [-0.4, -0.2) is 107 Å². The van der Waals surface area contributed by atoms with E-state index in [0.29, 0.717) is 24.6 Å². The summed E-state index contributed by atoms with van der Waals surface area (Å²) in [6.45, 7) is 1.71. The minimum atomic E-state index is -3.52. The molecule has 2 aromatic heterocycles. The molecule has 7 amide bonds. The first kappa shape index (κ1) is 43.2. The molecule has 2 unspecified atom stereocenters. The number of carbonyl (C=O) groups is 7. The van der Waals surface area contributed by atoms with Gasteiger partial charge >= 0.3 is 0 Å². The van der Waals surface area contributed by atoms with Gasteiger partial charge in [-0.2, -0.15) is 0 Å². The summed E-state index contributed by atoms with van der Waals surface area (Å²) < 4.78 is 24.2. The first-order chi connectivity index (χ1) is 28.3. The minimum absolute atomic E-state index is 0.0736. The molecule has 0 saturated carbocycles. The molecular weight excluding hydrogens is 801 g/mol. The maximum absolute atomic E-state index is 13.1. The molecule has 4 N–H and O–H groups in total. The van der Waals surface area contributed by atoms with E-state index in [1.54, 1.807) is 18.2 Å². The molecule has 3 aliphatic rings. The number of benzene rings is 1. The third-order valence-corrected chi connectivity index (χ3v) is 12.5. The number of carbonyl (C=O) groups excluding carboxylic acids is 7. The Labute approximate surface area is 346 Å². The number of rotatable bonds is 19. The lowest BCUT2D eigenvalue weighted by atomic mass is 9.95. The molecular formula is C40H50N8O9S2. The highest BCUT2D eigenvalue weighted by Crippen LogP contribution is 2.31. The number of piperidine rings is 2. The van der Waals surface area contributed by atoms with Crippen molar-refractivity contribution in [1.29, 1.82) is 0 Å². The molecule has 2 atom stereocenters. The second-order valence-electron chi connectivity index (χ2n) is 15.2. The lowest BCUT2D eigenvalue weighted by Gasteiger charge is -2.32. The fourth-order valence-electron chi connectivity index (χ4n) is 7.55. The van der Waals surface area contributed by atoms with Gasteiger partial charge < -0.3 is 20.9 Å². The van der Waals surface area contributed by atoms with Crippen molar-refractivity contribution in [3.05, 3.63) is 64.4 Å². The average molecular weight is 851 g/mol. The van der Waals surface area contributed by atoms with E-state index in [2.05, 4.69) is 26.3 Å². The van der Waals surface area contributed by atoms with Gasteiger partial charge in [0.05, 0.1) is 35.2 Å². The highest BCUT2D eigenvalue weighted by Gasteiger charge is 2.44. The van der Waals surface area contributed by atoms with E-state index in [9.17, 15) is 42.0 Å². The van der Waals surface area contributed by atoms with Gasteiger partial charge in [0.25, 0.3) is 17.7 Å².